The summed E-state index contributed by atoms with van der Waals surface area (Å²) in [4.78, 5) is 15.5. The molecule has 0 saturated carbocycles. The van der Waals surface area contributed by atoms with Crippen molar-refractivity contribution in [3.8, 4) is 5.75 Å². The van der Waals surface area contributed by atoms with Crippen molar-refractivity contribution >= 4 is 22.5 Å². The number of carbonyl (C=O) groups excluding carboxylic acids is 1. The fourth-order valence-electron chi connectivity index (χ4n) is 3.03. The number of hydrogen-bond donors (Lipinski definition) is 2. The number of fused-ring (bicyclic) bond motifs is 1. The Hall–Kier alpha value is -3.74. The number of aromatic nitrogens is 1. The SMILES string of the molecule is O=C(Nc1cccc(C(F)(F)F)c1)c1cc2ccc(OCc3ccccc3)cc2[nH]1. The molecule has 0 aliphatic heterocycles. The van der Waals surface area contributed by atoms with Crippen LogP contribution in [0.15, 0.2) is 78.9 Å². The molecular weight excluding hydrogens is 393 g/mol. The van der Waals surface area contributed by atoms with E-state index in [0.29, 0.717) is 17.9 Å². The number of anilines is 1. The van der Waals surface area contributed by atoms with E-state index in [1.54, 1.807) is 18.2 Å². The van der Waals surface area contributed by atoms with Crippen molar-refractivity contribution in [3.63, 3.8) is 0 Å². The predicted molar refractivity (Wildman–Crippen MR) is 108 cm³/mol. The molecule has 3 aromatic carbocycles. The number of alkyl halides is 3. The molecule has 0 aliphatic carbocycles. The number of nitrogens with one attached hydrogen (secondary N) is 2. The monoisotopic (exact) mass is 410 g/mol. The Bertz CT molecular complexity index is 1180. The zero-order valence-corrected chi connectivity index (χ0v) is 15.7. The number of rotatable bonds is 5. The van der Waals surface area contributed by atoms with Crippen LogP contribution >= 0.6 is 0 Å². The fraction of sp³-hybridized carbons (Fsp3) is 0.0870. The first-order valence-corrected chi connectivity index (χ1v) is 9.16. The van der Waals surface area contributed by atoms with Gasteiger partial charge in [-0.2, -0.15) is 13.2 Å². The molecule has 152 valence electrons. The van der Waals surface area contributed by atoms with Gasteiger partial charge in [-0.05, 0) is 42.0 Å². The maximum absolute atomic E-state index is 12.8. The highest BCUT2D eigenvalue weighted by Crippen LogP contribution is 2.31. The minimum Gasteiger partial charge on any atom is -0.489 e. The number of benzene rings is 3. The van der Waals surface area contributed by atoms with Gasteiger partial charge in [0.2, 0.25) is 0 Å². The molecular formula is C23H17F3N2O2. The molecule has 0 aliphatic rings. The van der Waals surface area contributed by atoms with Crippen molar-refractivity contribution in [1.29, 1.82) is 0 Å². The van der Waals surface area contributed by atoms with Gasteiger partial charge < -0.3 is 15.0 Å². The second-order valence-corrected chi connectivity index (χ2v) is 6.74. The van der Waals surface area contributed by atoms with Gasteiger partial charge in [0.25, 0.3) is 5.91 Å². The highest BCUT2D eigenvalue weighted by molar-refractivity contribution is 6.06. The van der Waals surface area contributed by atoms with Crippen LogP contribution in [-0.4, -0.2) is 10.9 Å². The summed E-state index contributed by atoms with van der Waals surface area (Å²) in [6.07, 6.45) is -4.47. The number of H-pyrrole nitrogens is 1. The second-order valence-electron chi connectivity index (χ2n) is 6.74. The van der Waals surface area contributed by atoms with Crippen molar-refractivity contribution < 1.29 is 22.7 Å². The van der Waals surface area contributed by atoms with Gasteiger partial charge in [0.15, 0.2) is 0 Å². The van der Waals surface area contributed by atoms with Crippen LogP contribution in [0.25, 0.3) is 10.9 Å². The first-order valence-electron chi connectivity index (χ1n) is 9.16. The number of amides is 1. The summed E-state index contributed by atoms with van der Waals surface area (Å²) in [5.74, 6) is 0.107. The standard InChI is InChI=1S/C23H17F3N2O2/c24-23(25,26)17-7-4-8-18(12-17)27-22(29)21-11-16-9-10-19(13-20(16)28-21)30-14-15-5-2-1-3-6-15/h1-13,28H,14H2,(H,27,29). The van der Waals surface area contributed by atoms with Gasteiger partial charge >= 0.3 is 6.18 Å². The fourth-order valence-corrected chi connectivity index (χ4v) is 3.03. The molecule has 1 amide bonds. The summed E-state index contributed by atoms with van der Waals surface area (Å²) >= 11 is 0. The largest absolute Gasteiger partial charge is 0.489 e. The van der Waals surface area contributed by atoms with E-state index in [9.17, 15) is 18.0 Å². The lowest BCUT2D eigenvalue weighted by Gasteiger charge is -2.09. The van der Waals surface area contributed by atoms with Gasteiger partial charge in [-0.1, -0.05) is 36.4 Å². The Morgan fingerprint density at radius 3 is 2.50 bits per heavy atom. The van der Waals surface area contributed by atoms with Gasteiger partial charge in [0.05, 0.1) is 5.56 Å². The Balaban J connectivity index is 1.48. The van der Waals surface area contributed by atoms with Crippen LogP contribution < -0.4 is 10.1 Å². The predicted octanol–water partition coefficient (Wildman–Crippen LogP) is 6.02. The van der Waals surface area contributed by atoms with Crippen LogP contribution in [0.4, 0.5) is 18.9 Å². The van der Waals surface area contributed by atoms with Gasteiger partial charge in [-0.15, -0.1) is 0 Å². The van der Waals surface area contributed by atoms with E-state index < -0.39 is 17.6 Å². The van der Waals surface area contributed by atoms with Crippen molar-refractivity contribution in [2.24, 2.45) is 0 Å². The maximum Gasteiger partial charge on any atom is 0.416 e. The van der Waals surface area contributed by atoms with Crippen molar-refractivity contribution in [2.45, 2.75) is 12.8 Å². The lowest BCUT2D eigenvalue weighted by atomic mass is 10.2. The van der Waals surface area contributed by atoms with Crippen molar-refractivity contribution in [2.75, 3.05) is 5.32 Å². The first kappa shape index (κ1) is 19.6. The molecule has 0 atom stereocenters. The second kappa shape index (κ2) is 7.94. The van der Waals surface area contributed by atoms with E-state index in [1.807, 2.05) is 36.4 Å². The van der Waals surface area contributed by atoms with E-state index in [1.165, 1.54) is 12.1 Å². The van der Waals surface area contributed by atoms with Gasteiger partial charge in [0, 0.05) is 22.7 Å². The number of hydrogen-bond acceptors (Lipinski definition) is 2. The summed E-state index contributed by atoms with van der Waals surface area (Å²) in [6, 6.07) is 21.3. The molecule has 1 aromatic heterocycles. The molecule has 0 spiro atoms. The molecule has 0 fully saturated rings. The average molecular weight is 410 g/mol. The highest BCUT2D eigenvalue weighted by Gasteiger charge is 2.30. The maximum atomic E-state index is 12.8. The number of halogens is 3. The summed E-state index contributed by atoms with van der Waals surface area (Å²) < 4.78 is 44.3. The molecule has 2 N–H and O–H groups in total. The van der Waals surface area contributed by atoms with E-state index in [4.69, 9.17) is 4.74 Å². The molecule has 1 heterocycles. The zero-order chi connectivity index (χ0) is 21.1. The summed E-state index contributed by atoms with van der Waals surface area (Å²) in [5.41, 5.74) is 1.21. The van der Waals surface area contributed by atoms with Crippen LogP contribution in [0.1, 0.15) is 21.6 Å². The van der Waals surface area contributed by atoms with Crippen molar-refractivity contribution in [1.82, 2.24) is 4.98 Å². The summed E-state index contributed by atoms with van der Waals surface area (Å²) in [7, 11) is 0. The van der Waals surface area contributed by atoms with E-state index in [0.717, 1.165) is 23.1 Å². The molecule has 0 unspecified atom stereocenters. The first-order chi connectivity index (χ1) is 14.4. The Morgan fingerprint density at radius 2 is 1.73 bits per heavy atom. The third-order valence-electron chi connectivity index (χ3n) is 4.53. The highest BCUT2D eigenvalue weighted by atomic mass is 19.4. The van der Waals surface area contributed by atoms with Gasteiger partial charge in [-0.25, -0.2) is 0 Å². The smallest absolute Gasteiger partial charge is 0.416 e. The van der Waals surface area contributed by atoms with Crippen molar-refractivity contribution in [3.05, 3.63) is 95.7 Å². The molecule has 30 heavy (non-hydrogen) atoms. The van der Waals surface area contributed by atoms with E-state index >= 15 is 0 Å². The molecule has 0 saturated heterocycles. The molecule has 4 aromatic rings. The Labute approximate surface area is 170 Å². The lowest BCUT2D eigenvalue weighted by molar-refractivity contribution is -0.137. The van der Waals surface area contributed by atoms with Crippen LogP contribution in [0.3, 0.4) is 0 Å². The normalized spacial score (nSPS) is 11.4. The third-order valence-corrected chi connectivity index (χ3v) is 4.53. The minimum absolute atomic E-state index is 0.0698. The zero-order valence-electron chi connectivity index (χ0n) is 15.7. The molecule has 0 bridgehead atoms. The van der Waals surface area contributed by atoms with E-state index in [2.05, 4.69) is 10.3 Å². The molecule has 4 rings (SSSR count). The van der Waals surface area contributed by atoms with Gasteiger partial charge in [-0.3, -0.25) is 4.79 Å². The van der Waals surface area contributed by atoms with Crippen LogP contribution in [0.2, 0.25) is 0 Å². The number of aromatic amines is 1. The topological polar surface area (TPSA) is 54.1 Å². The summed E-state index contributed by atoms with van der Waals surface area (Å²) in [6.45, 7) is 0.413. The quantitative estimate of drug-likeness (QED) is 0.423. The molecule has 0 radical (unpaired) electrons. The van der Waals surface area contributed by atoms with Crippen LogP contribution in [0.5, 0.6) is 5.75 Å². The van der Waals surface area contributed by atoms with Crippen LogP contribution in [0, 0.1) is 0 Å². The third kappa shape index (κ3) is 4.46. The van der Waals surface area contributed by atoms with Gasteiger partial charge in [0.1, 0.15) is 18.1 Å². The average Bonchev–Trinajstić information content (AvgIpc) is 3.16. The lowest BCUT2D eigenvalue weighted by Crippen LogP contribution is -2.13. The number of carbonyl (C=O) groups is 1. The Kier molecular flexibility index (Phi) is 5.18. The molecule has 4 nitrogen and oxygen atoms in total. The van der Waals surface area contributed by atoms with Crippen LogP contribution in [-0.2, 0) is 12.8 Å². The van der Waals surface area contributed by atoms with E-state index in [-0.39, 0.29) is 11.4 Å². The minimum atomic E-state index is -4.47. The molecule has 7 heteroatoms. The summed E-state index contributed by atoms with van der Waals surface area (Å²) in [5, 5.41) is 3.28. The number of ether oxygens (including phenoxy) is 1. The Morgan fingerprint density at radius 1 is 0.933 bits per heavy atom.